The van der Waals surface area contributed by atoms with Gasteiger partial charge in [-0.3, -0.25) is 4.68 Å². The molecule has 0 saturated heterocycles. The monoisotopic (exact) mass is 222 g/mol. The molecule has 0 amide bonds. The molecule has 0 aliphatic rings. The van der Waals surface area contributed by atoms with Crippen molar-refractivity contribution in [3.05, 3.63) is 54.9 Å². The summed E-state index contributed by atoms with van der Waals surface area (Å²) < 4.78 is 24.9. The van der Waals surface area contributed by atoms with Crippen LogP contribution in [0.5, 0.6) is 0 Å². The quantitative estimate of drug-likeness (QED) is 0.853. The molecule has 0 aliphatic heterocycles. The third kappa shape index (κ3) is 2.19. The Morgan fingerprint density at radius 2 is 1.53 bits per heavy atom. The summed E-state index contributed by atoms with van der Waals surface area (Å²) in [6.45, 7) is 0. The summed E-state index contributed by atoms with van der Waals surface area (Å²) in [4.78, 5) is 2.65. The van der Waals surface area contributed by atoms with Crippen LogP contribution in [0.1, 0.15) is 0 Å². The first-order chi connectivity index (χ1) is 7.18. The summed E-state index contributed by atoms with van der Waals surface area (Å²) in [6.07, 6.45) is 3.25. The molecule has 1 aromatic carbocycles. The minimum absolute atomic E-state index is 0.249. The highest BCUT2D eigenvalue weighted by atomic mass is 32.2. The highest BCUT2D eigenvalue weighted by molar-refractivity contribution is 7.92. The number of hydrogen-bond acceptors (Lipinski definition) is 2. The van der Waals surface area contributed by atoms with Crippen molar-refractivity contribution >= 4 is 10.0 Å². The molecule has 15 heavy (non-hydrogen) atoms. The first-order valence-corrected chi connectivity index (χ1v) is 5.88. The molecule has 5 heteroatoms. The Labute approximate surface area is 88.2 Å². The topological polar surface area (TPSA) is 51.1 Å². The van der Waals surface area contributed by atoms with Gasteiger partial charge in [0.2, 0.25) is 0 Å². The van der Waals surface area contributed by atoms with Crippen LogP contribution in [0.2, 0.25) is 0 Å². The molecule has 1 heterocycles. The van der Waals surface area contributed by atoms with Crippen LogP contribution >= 0.6 is 0 Å². The van der Waals surface area contributed by atoms with Gasteiger partial charge in [-0.25, -0.2) is 4.83 Å². The second-order valence-electron chi connectivity index (χ2n) is 3.00. The summed E-state index contributed by atoms with van der Waals surface area (Å²) in [5, 5.41) is 0. The van der Waals surface area contributed by atoms with Crippen molar-refractivity contribution in [1.29, 1.82) is 0 Å². The predicted molar refractivity (Wildman–Crippen MR) is 57.4 cm³/mol. The summed E-state index contributed by atoms with van der Waals surface area (Å²) in [5.74, 6) is 0. The number of hydrogen-bond donors (Lipinski definition) is 1. The van der Waals surface area contributed by atoms with Crippen LogP contribution in [-0.2, 0) is 10.0 Å². The van der Waals surface area contributed by atoms with Crippen LogP contribution in [0.3, 0.4) is 0 Å². The molecule has 1 aromatic heterocycles. The van der Waals surface area contributed by atoms with E-state index in [2.05, 4.69) is 4.83 Å². The predicted octanol–water partition coefficient (Wildman–Crippen LogP) is 1.42. The zero-order valence-electron chi connectivity index (χ0n) is 7.87. The van der Waals surface area contributed by atoms with Gasteiger partial charge in [0.25, 0.3) is 10.0 Å². The molecule has 0 radical (unpaired) electrons. The Morgan fingerprint density at radius 3 is 2.13 bits per heavy atom. The number of aromatic nitrogens is 1. The minimum atomic E-state index is -3.47. The second-order valence-corrected chi connectivity index (χ2v) is 4.66. The maximum atomic E-state index is 11.8. The van der Waals surface area contributed by atoms with Crippen LogP contribution in [0, 0.1) is 0 Å². The highest BCUT2D eigenvalue weighted by Gasteiger charge is 2.12. The Bertz CT molecular complexity index is 518. The smallest absolute Gasteiger partial charge is 0.261 e. The van der Waals surface area contributed by atoms with Gasteiger partial charge in [-0.1, -0.05) is 18.2 Å². The lowest BCUT2D eigenvalue weighted by Crippen LogP contribution is -2.21. The first-order valence-electron chi connectivity index (χ1n) is 4.39. The number of nitrogens with zero attached hydrogens (tertiary/aromatic N) is 1. The Morgan fingerprint density at radius 1 is 0.933 bits per heavy atom. The average Bonchev–Trinajstić information content (AvgIpc) is 2.71. The van der Waals surface area contributed by atoms with E-state index < -0.39 is 10.0 Å². The van der Waals surface area contributed by atoms with Gasteiger partial charge >= 0.3 is 0 Å². The van der Waals surface area contributed by atoms with Crippen molar-refractivity contribution in [3.8, 4) is 0 Å². The van der Waals surface area contributed by atoms with Crippen molar-refractivity contribution in [2.24, 2.45) is 0 Å². The maximum absolute atomic E-state index is 11.8. The van der Waals surface area contributed by atoms with Crippen molar-refractivity contribution in [2.75, 3.05) is 4.83 Å². The number of benzene rings is 1. The average molecular weight is 222 g/mol. The minimum Gasteiger partial charge on any atom is -0.261 e. The van der Waals surface area contributed by atoms with Crippen molar-refractivity contribution in [3.63, 3.8) is 0 Å². The molecule has 4 nitrogen and oxygen atoms in total. The molecular formula is C10H10N2O2S. The zero-order chi connectivity index (χ0) is 10.7. The molecule has 78 valence electrons. The standard InChI is InChI=1S/C10H10N2O2S/c13-15(14,10-6-2-1-3-7-10)11-12-8-4-5-9-12/h1-9,11H. The van der Waals surface area contributed by atoms with Crippen molar-refractivity contribution in [2.45, 2.75) is 4.90 Å². The fourth-order valence-corrected chi connectivity index (χ4v) is 2.21. The van der Waals surface area contributed by atoms with Crippen LogP contribution in [0.4, 0.5) is 0 Å². The lowest BCUT2D eigenvalue weighted by Gasteiger charge is -2.08. The van der Waals surface area contributed by atoms with Gasteiger partial charge < -0.3 is 0 Å². The van der Waals surface area contributed by atoms with E-state index in [1.54, 1.807) is 54.9 Å². The zero-order valence-corrected chi connectivity index (χ0v) is 8.68. The molecule has 0 fully saturated rings. The summed E-state index contributed by atoms with van der Waals surface area (Å²) in [5.41, 5.74) is 0. The van der Waals surface area contributed by atoms with E-state index in [4.69, 9.17) is 0 Å². The molecule has 0 bridgehead atoms. The summed E-state index contributed by atoms with van der Waals surface area (Å²) >= 11 is 0. The fourth-order valence-electron chi connectivity index (χ4n) is 1.19. The molecule has 0 atom stereocenters. The van der Waals surface area contributed by atoms with Gasteiger partial charge in [0, 0.05) is 12.4 Å². The molecule has 2 rings (SSSR count). The summed E-state index contributed by atoms with van der Waals surface area (Å²) in [6, 6.07) is 11.7. The van der Waals surface area contributed by atoms with Crippen LogP contribution < -0.4 is 4.83 Å². The highest BCUT2D eigenvalue weighted by Crippen LogP contribution is 2.08. The second kappa shape index (κ2) is 3.78. The van der Waals surface area contributed by atoms with Crippen LogP contribution in [-0.4, -0.2) is 13.1 Å². The molecule has 0 unspecified atom stereocenters. The number of rotatable bonds is 3. The van der Waals surface area contributed by atoms with Gasteiger partial charge in [-0.15, -0.1) is 0 Å². The third-order valence-corrected chi connectivity index (χ3v) is 3.23. The van der Waals surface area contributed by atoms with Gasteiger partial charge in [0.05, 0.1) is 4.90 Å². The van der Waals surface area contributed by atoms with E-state index in [1.165, 1.54) is 4.68 Å². The Hall–Kier alpha value is -1.75. The van der Waals surface area contributed by atoms with Crippen molar-refractivity contribution < 1.29 is 8.42 Å². The third-order valence-electron chi connectivity index (χ3n) is 1.88. The normalized spacial score (nSPS) is 11.2. The SMILES string of the molecule is O=S(=O)(Nn1cccc1)c1ccccc1. The van der Waals surface area contributed by atoms with Gasteiger partial charge in [-0.2, -0.15) is 8.42 Å². The van der Waals surface area contributed by atoms with E-state index in [0.717, 1.165) is 0 Å². The lowest BCUT2D eigenvalue weighted by molar-refractivity contribution is 0.595. The van der Waals surface area contributed by atoms with Gasteiger partial charge in [0.15, 0.2) is 0 Å². The van der Waals surface area contributed by atoms with Gasteiger partial charge in [-0.05, 0) is 24.3 Å². The van der Waals surface area contributed by atoms with Crippen LogP contribution in [0.15, 0.2) is 59.8 Å². The molecule has 2 aromatic rings. The first kappa shape index (κ1) is 9.79. The molecule has 0 spiro atoms. The van der Waals surface area contributed by atoms with E-state index >= 15 is 0 Å². The number of nitrogens with one attached hydrogen (secondary N) is 1. The van der Waals surface area contributed by atoms with E-state index in [0.29, 0.717) is 0 Å². The summed E-state index contributed by atoms with van der Waals surface area (Å²) in [7, 11) is -3.47. The fraction of sp³-hybridized carbons (Fsp3) is 0. The molecule has 1 N–H and O–H groups in total. The van der Waals surface area contributed by atoms with E-state index in [1.807, 2.05) is 0 Å². The van der Waals surface area contributed by atoms with E-state index in [-0.39, 0.29) is 4.90 Å². The lowest BCUT2D eigenvalue weighted by atomic mass is 10.4. The number of sulfonamides is 1. The van der Waals surface area contributed by atoms with Crippen LogP contribution in [0.25, 0.3) is 0 Å². The molecule has 0 aliphatic carbocycles. The Balaban J connectivity index is 2.29. The largest absolute Gasteiger partial charge is 0.275 e. The molecular weight excluding hydrogens is 212 g/mol. The maximum Gasteiger partial charge on any atom is 0.275 e. The molecule has 0 saturated carbocycles. The van der Waals surface area contributed by atoms with Crippen molar-refractivity contribution in [1.82, 2.24) is 4.68 Å². The Kier molecular flexibility index (Phi) is 2.47. The van der Waals surface area contributed by atoms with E-state index in [9.17, 15) is 8.42 Å². The van der Waals surface area contributed by atoms with Gasteiger partial charge in [0.1, 0.15) is 0 Å².